The third-order valence-electron chi connectivity index (χ3n) is 11.1. The van der Waals surface area contributed by atoms with Gasteiger partial charge in [0.1, 0.15) is 0 Å². The van der Waals surface area contributed by atoms with Crippen LogP contribution < -0.4 is 0 Å². The molecule has 0 aliphatic heterocycles. The molecule has 0 aromatic heterocycles. The Hall–Kier alpha value is -5.98. The number of aryl methyl sites for hydroxylation is 1. The first-order chi connectivity index (χ1) is 24.7. The van der Waals surface area contributed by atoms with Crippen LogP contribution in [0.3, 0.4) is 0 Å². The molecule has 0 fully saturated rings. The molecule has 0 nitrogen and oxygen atoms in total. The van der Waals surface area contributed by atoms with Crippen molar-refractivity contribution in [2.24, 2.45) is 0 Å². The quantitative estimate of drug-likeness (QED) is 0.159. The summed E-state index contributed by atoms with van der Waals surface area (Å²) in [5.41, 5.74) is 16.0. The fourth-order valence-corrected chi connectivity index (χ4v) is 9.12. The Kier molecular flexibility index (Phi) is 7.14. The number of hydrogen-bond acceptors (Lipinski definition) is 0. The minimum absolute atomic E-state index is 0.444. The predicted molar refractivity (Wildman–Crippen MR) is 216 cm³/mol. The third-order valence-corrected chi connectivity index (χ3v) is 11.1. The van der Waals surface area contributed by atoms with Crippen molar-refractivity contribution >= 4 is 44.8 Å². The molecule has 0 radical (unpaired) electrons. The Morgan fingerprint density at radius 3 is 1.96 bits per heavy atom. The summed E-state index contributed by atoms with van der Waals surface area (Å²) in [7, 11) is 0. The maximum atomic E-state index is 4.42. The van der Waals surface area contributed by atoms with Gasteiger partial charge >= 0.3 is 0 Å². The highest BCUT2D eigenvalue weighted by molar-refractivity contribution is 6.17. The molecule has 0 amide bonds. The first-order valence-electron chi connectivity index (χ1n) is 17.7. The van der Waals surface area contributed by atoms with Crippen molar-refractivity contribution in [1.29, 1.82) is 0 Å². The standard InChI is InChI=1S/C50H38/c1-4-16-46-35(5-2)40-20-11-13-25-47(40)50(46)45(6-3)42(41-21-12-14-26-48(41)50)32-29-33-27-30-34(31-28-33)36-23-15-24-44-39-18-8-7-17-37(39)38-19-9-10-22-43(38)49(36)44/h4-8,10-18,20-32H,2-3,9,19H2,1H3/b16-4-,32-29-. The zero-order valence-corrected chi connectivity index (χ0v) is 28.4. The lowest BCUT2D eigenvalue weighted by molar-refractivity contribution is 0.779. The SMILES string of the molecule is C=CC1=C(/C=C\C)C2(C(C=C)=C(/C=C\c3ccc(-c4cccc5c4c4c(c6ccccc65)CCC=C4)cc3)c3ccccc32)c2ccccc21. The van der Waals surface area contributed by atoms with E-state index in [4.69, 9.17) is 0 Å². The van der Waals surface area contributed by atoms with E-state index < -0.39 is 5.41 Å². The van der Waals surface area contributed by atoms with Gasteiger partial charge in [-0.2, -0.15) is 0 Å². The van der Waals surface area contributed by atoms with E-state index in [0.29, 0.717) is 0 Å². The Labute approximate surface area is 295 Å². The summed E-state index contributed by atoms with van der Waals surface area (Å²) in [6.07, 6.45) is 19.9. The average Bonchev–Trinajstić information content (AvgIpc) is 3.62. The van der Waals surface area contributed by atoms with Gasteiger partial charge in [0.25, 0.3) is 0 Å². The monoisotopic (exact) mass is 638 g/mol. The fraction of sp³-hybridized carbons (Fsp3) is 0.0800. The van der Waals surface area contributed by atoms with Crippen LogP contribution in [0.2, 0.25) is 0 Å². The van der Waals surface area contributed by atoms with Gasteiger partial charge in [0.15, 0.2) is 0 Å². The van der Waals surface area contributed by atoms with Gasteiger partial charge in [-0.25, -0.2) is 0 Å². The second-order valence-corrected chi connectivity index (χ2v) is 13.5. The largest absolute Gasteiger partial charge is 0.0987 e. The van der Waals surface area contributed by atoms with Crippen molar-refractivity contribution in [1.82, 2.24) is 0 Å². The molecule has 0 N–H and O–H groups in total. The normalized spacial score (nSPS) is 17.8. The van der Waals surface area contributed by atoms with Crippen LogP contribution >= 0.6 is 0 Å². The number of fused-ring (bicyclic) bond motifs is 10. The van der Waals surface area contributed by atoms with E-state index in [-0.39, 0.29) is 0 Å². The molecule has 50 heavy (non-hydrogen) atoms. The molecular formula is C50H38. The molecule has 6 aromatic rings. The van der Waals surface area contributed by atoms with Crippen molar-refractivity contribution in [3.63, 3.8) is 0 Å². The van der Waals surface area contributed by atoms with Crippen molar-refractivity contribution in [2.75, 3.05) is 0 Å². The van der Waals surface area contributed by atoms with E-state index >= 15 is 0 Å². The second kappa shape index (κ2) is 11.9. The van der Waals surface area contributed by atoms with Gasteiger partial charge in [0, 0.05) is 0 Å². The minimum atomic E-state index is -0.444. The zero-order valence-electron chi connectivity index (χ0n) is 28.4. The molecular weight excluding hydrogens is 601 g/mol. The Morgan fingerprint density at radius 2 is 1.24 bits per heavy atom. The molecule has 9 rings (SSSR count). The lowest BCUT2D eigenvalue weighted by atomic mass is 9.68. The highest BCUT2D eigenvalue weighted by Gasteiger charge is 2.51. The van der Waals surface area contributed by atoms with Crippen LogP contribution in [0, 0.1) is 0 Å². The molecule has 0 saturated heterocycles. The van der Waals surface area contributed by atoms with Crippen LogP contribution in [-0.2, 0) is 11.8 Å². The lowest BCUT2D eigenvalue weighted by Gasteiger charge is -2.32. The van der Waals surface area contributed by atoms with Crippen LogP contribution in [0.1, 0.15) is 52.3 Å². The molecule has 0 heterocycles. The number of benzene rings is 6. The summed E-state index contributed by atoms with van der Waals surface area (Å²) >= 11 is 0. The number of hydrogen-bond donors (Lipinski definition) is 0. The van der Waals surface area contributed by atoms with E-state index in [1.807, 2.05) is 6.08 Å². The fourth-order valence-electron chi connectivity index (χ4n) is 9.12. The number of rotatable bonds is 6. The van der Waals surface area contributed by atoms with E-state index in [9.17, 15) is 0 Å². The van der Waals surface area contributed by atoms with Crippen molar-refractivity contribution in [3.05, 3.63) is 215 Å². The molecule has 1 unspecified atom stereocenters. The van der Waals surface area contributed by atoms with Gasteiger partial charge in [0.2, 0.25) is 0 Å². The smallest absolute Gasteiger partial charge is 0.0725 e. The Morgan fingerprint density at radius 1 is 0.580 bits per heavy atom. The van der Waals surface area contributed by atoms with Crippen molar-refractivity contribution in [3.8, 4) is 11.1 Å². The van der Waals surface area contributed by atoms with Crippen LogP contribution in [0.4, 0.5) is 0 Å². The van der Waals surface area contributed by atoms with Gasteiger partial charge in [-0.15, -0.1) is 0 Å². The highest BCUT2D eigenvalue weighted by atomic mass is 14.5. The van der Waals surface area contributed by atoms with E-state index in [2.05, 4.69) is 178 Å². The maximum Gasteiger partial charge on any atom is 0.0725 e. The molecule has 3 aliphatic carbocycles. The van der Waals surface area contributed by atoms with Gasteiger partial charge in [-0.05, 0) is 114 Å². The highest BCUT2D eigenvalue weighted by Crippen LogP contribution is 2.61. The molecule has 1 atom stereocenters. The molecule has 238 valence electrons. The van der Waals surface area contributed by atoms with Gasteiger partial charge in [-0.1, -0.05) is 177 Å². The first kappa shape index (κ1) is 30.1. The molecule has 1 spiro atoms. The summed E-state index contributed by atoms with van der Waals surface area (Å²) in [6.45, 7) is 10.8. The zero-order chi connectivity index (χ0) is 33.8. The third kappa shape index (κ3) is 4.18. The van der Waals surface area contributed by atoms with Gasteiger partial charge in [0.05, 0.1) is 5.41 Å². The predicted octanol–water partition coefficient (Wildman–Crippen LogP) is 13.1. The maximum absolute atomic E-state index is 4.42. The van der Waals surface area contributed by atoms with Crippen molar-refractivity contribution in [2.45, 2.75) is 25.2 Å². The van der Waals surface area contributed by atoms with Gasteiger partial charge in [-0.3, -0.25) is 0 Å². The Bertz CT molecular complexity index is 2560. The second-order valence-electron chi connectivity index (χ2n) is 13.5. The summed E-state index contributed by atoms with van der Waals surface area (Å²) in [5.74, 6) is 0. The minimum Gasteiger partial charge on any atom is -0.0987 e. The summed E-state index contributed by atoms with van der Waals surface area (Å²) < 4.78 is 0. The van der Waals surface area contributed by atoms with E-state index in [1.54, 1.807) is 0 Å². The Balaban J connectivity index is 1.17. The molecule has 0 bridgehead atoms. The number of allylic oxidation sites excluding steroid dienone is 10. The molecule has 0 heteroatoms. The van der Waals surface area contributed by atoms with Gasteiger partial charge < -0.3 is 0 Å². The summed E-state index contributed by atoms with van der Waals surface area (Å²) in [4.78, 5) is 0. The average molecular weight is 639 g/mol. The van der Waals surface area contributed by atoms with Crippen LogP contribution in [0.25, 0.3) is 56.0 Å². The lowest BCUT2D eigenvalue weighted by Crippen LogP contribution is -2.27. The van der Waals surface area contributed by atoms with Crippen LogP contribution in [0.5, 0.6) is 0 Å². The van der Waals surface area contributed by atoms with E-state index in [1.165, 1.54) is 93.9 Å². The first-order valence-corrected chi connectivity index (χ1v) is 17.7. The molecule has 6 aromatic carbocycles. The molecule has 0 saturated carbocycles. The van der Waals surface area contributed by atoms with E-state index in [0.717, 1.165) is 12.8 Å². The summed E-state index contributed by atoms with van der Waals surface area (Å²) in [6, 6.07) is 42.4. The van der Waals surface area contributed by atoms with Crippen LogP contribution in [-0.4, -0.2) is 0 Å². The van der Waals surface area contributed by atoms with Crippen LogP contribution in [0.15, 0.2) is 176 Å². The molecule has 3 aliphatic rings. The topological polar surface area (TPSA) is 0 Å². The summed E-state index contributed by atoms with van der Waals surface area (Å²) in [5, 5.41) is 5.41. The van der Waals surface area contributed by atoms with Crippen molar-refractivity contribution < 1.29 is 0 Å².